The van der Waals surface area contributed by atoms with Crippen LogP contribution in [0, 0.1) is 11.3 Å². The minimum Gasteiger partial charge on any atom is -0.496 e. The first-order valence-corrected chi connectivity index (χ1v) is 7.66. The van der Waals surface area contributed by atoms with Crippen molar-refractivity contribution in [2.45, 2.75) is 25.7 Å². The van der Waals surface area contributed by atoms with Crippen LogP contribution in [0.3, 0.4) is 0 Å². The highest BCUT2D eigenvalue weighted by atomic mass is 16.5. The Hall–Kier alpha value is -2.53. The third-order valence-electron chi connectivity index (χ3n) is 4.23. The molecule has 0 atom stereocenters. The molecule has 0 spiro atoms. The van der Waals surface area contributed by atoms with Gasteiger partial charge >= 0.3 is 0 Å². The molecule has 2 aromatic carbocycles. The molecule has 0 unspecified atom stereocenters. The monoisotopic (exact) mass is 289 g/mol. The zero-order valence-corrected chi connectivity index (χ0v) is 12.8. The van der Waals surface area contributed by atoms with E-state index in [-0.39, 0.29) is 0 Å². The van der Waals surface area contributed by atoms with Gasteiger partial charge < -0.3 is 4.74 Å². The van der Waals surface area contributed by atoms with E-state index in [1.54, 1.807) is 7.11 Å². The third kappa shape index (κ3) is 2.76. The van der Waals surface area contributed by atoms with Crippen LogP contribution in [-0.2, 0) is 19.3 Å². The third-order valence-corrected chi connectivity index (χ3v) is 4.23. The van der Waals surface area contributed by atoms with Crippen molar-refractivity contribution in [2.24, 2.45) is 0 Å². The Morgan fingerprint density at radius 3 is 2.64 bits per heavy atom. The van der Waals surface area contributed by atoms with Gasteiger partial charge in [-0.1, -0.05) is 42.5 Å². The second kappa shape index (κ2) is 6.49. The van der Waals surface area contributed by atoms with Crippen LogP contribution in [0.5, 0.6) is 5.75 Å². The molecule has 0 aliphatic heterocycles. The lowest BCUT2D eigenvalue weighted by Gasteiger charge is -2.20. The molecule has 0 aromatic heterocycles. The van der Waals surface area contributed by atoms with Crippen molar-refractivity contribution in [2.75, 3.05) is 7.11 Å². The Bertz CT molecular complexity index is 738. The number of ether oxygens (including phenoxy) is 1. The Kier molecular flexibility index (Phi) is 4.25. The van der Waals surface area contributed by atoms with Crippen LogP contribution in [0.15, 0.2) is 48.5 Å². The summed E-state index contributed by atoms with van der Waals surface area (Å²) in [6, 6.07) is 17.0. The molecule has 0 amide bonds. The maximum Gasteiger partial charge on any atom is 0.122 e. The predicted molar refractivity (Wildman–Crippen MR) is 88.8 cm³/mol. The number of fused-ring (bicyclic) bond motifs is 1. The molecule has 22 heavy (non-hydrogen) atoms. The molecule has 0 saturated carbocycles. The summed E-state index contributed by atoms with van der Waals surface area (Å²) in [5.74, 6) is 0.902. The number of allylic oxidation sites excluding steroid dienone is 2. The van der Waals surface area contributed by atoms with Crippen molar-refractivity contribution in [1.29, 1.82) is 5.26 Å². The quantitative estimate of drug-likeness (QED) is 0.839. The summed E-state index contributed by atoms with van der Waals surface area (Å²) in [7, 11) is 1.70. The smallest absolute Gasteiger partial charge is 0.122 e. The number of nitriles is 1. The second-order valence-electron chi connectivity index (χ2n) is 5.53. The molecule has 2 nitrogen and oxygen atoms in total. The first-order chi connectivity index (χ1) is 10.8. The van der Waals surface area contributed by atoms with Crippen molar-refractivity contribution in [3.8, 4) is 11.8 Å². The lowest BCUT2D eigenvalue weighted by Crippen LogP contribution is -2.07. The van der Waals surface area contributed by atoms with Crippen molar-refractivity contribution in [3.63, 3.8) is 0 Å². The van der Waals surface area contributed by atoms with Crippen LogP contribution in [0.2, 0.25) is 0 Å². The molecular formula is C20H19NO. The molecule has 110 valence electrons. The summed E-state index contributed by atoms with van der Waals surface area (Å²) >= 11 is 0. The standard InChI is InChI=1S/C20H19NO/c1-22-19-13-12-16(11-10-15-6-3-2-4-7-15)20-17(14-21)8-5-9-18(19)20/h2-4,6-8,12-13H,5,9-11H2,1H3. The molecule has 0 N–H and O–H groups in total. The Labute approximate surface area is 131 Å². The lowest BCUT2D eigenvalue weighted by atomic mass is 9.85. The van der Waals surface area contributed by atoms with Gasteiger partial charge in [0.1, 0.15) is 5.75 Å². The normalized spacial score (nSPS) is 13.0. The fourth-order valence-corrected chi connectivity index (χ4v) is 3.15. The summed E-state index contributed by atoms with van der Waals surface area (Å²) in [5.41, 5.74) is 5.65. The molecular weight excluding hydrogens is 270 g/mol. The fourth-order valence-electron chi connectivity index (χ4n) is 3.15. The molecule has 3 rings (SSSR count). The van der Waals surface area contributed by atoms with Crippen LogP contribution in [0.1, 0.15) is 28.7 Å². The highest BCUT2D eigenvalue weighted by Gasteiger charge is 2.20. The number of aryl methyl sites for hydroxylation is 2. The molecule has 0 heterocycles. The maximum absolute atomic E-state index is 9.45. The summed E-state index contributed by atoms with van der Waals surface area (Å²) < 4.78 is 5.49. The van der Waals surface area contributed by atoms with E-state index in [9.17, 15) is 5.26 Å². The van der Waals surface area contributed by atoms with E-state index in [2.05, 4.69) is 36.4 Å². The summed E-state index contributed by atoms with van der Waals surface area (Å²) in [5, 5.41) is 9.45. The highest BCUT2D eigenvalue weighted by Crippen LogP contribution is 2.35. The highest BCUT2D eigenvalue weighted by molar-refractivity contribution is 5.83. The van der Waals surface area contributed by atoms with E-state index >= 15 is 0 Å². The van der Waals surface area contributed by atoms with Gasteiger partial charge in [0.15, 0.2) is 0 Å². The number of nitrogens with zero attached hydrogens (tertiary/aromatic N) is 1. The largest absolute Gasteiger partial charge is 0.496 e. The zero-order valence-electron chi connectivity index (χ0n) is 12.8. The first kappa shape index (κ1) is 14.4. The van der Waals surface area contributed by atoms with Crippen LogP contribution >= 0.6 is 0 Å². The number of hydrogen-bond donors (Lipinski definition) is 0. The van der Waals surface area contributed by atoms with E-state index < -0.39 is 0 Å². The van der Waals surface area contributed by atoms with Gasteiger partial charge in [0.25, 0.3) is 0 Å². The van der Waals surface area contributed by atoms with Crippen molar-refractivity contribution < 1.29 is 4.74 Å². The molecule has 2 aromatic rings. The first-order valence-electron chi connectivity index (χ1n) is 7.66. The van der Waals surface area contributed by atoms with Gasteiger partial charge in [0.05, 0.1) is 18.8 Å². The van der Waals surface area contributed by atoms with Gasteiger partial charge in [-0.05, 0) is 42.9 Å². The summed E-state index contributed by atoms with van der Waals surface area (Å²) in [6.45, 7) is 0. The van der Waals surface area contributed by atoms with Gasteiger partial charge in [-0.15, -0.1) is 0 Å². The summed E-state index contributed by atoms with van der Waals surface area (Å²) in [6.07, 6.45) is 5.83. The Balaban J connectivity index is 1.96. The van der Waals surface area contributed by atoms with Crippen LogP contribution < -0.4 is 4.74 Å². The number of hydrogen-bond acceptors (Lipinski definition) is 2. The minimum absolute atomic E-state index is 0.795. The van der Waals surface area contributed by atoms with Gasteiger partial charge in [0, 0.05) is 11.1 Å². The topological polar surface area (TPSA) is 33.0 Å². The van der Waals surface area contributed by atoms with Crippen LogP contribution in [0.25, 0.3) is 5.57 Å². The average molecular weight is 289 g/mol. The van der Waals surface area contributed by atoms with Crippen LogP contribution in [0.4, 0.5) is 0 Å². The minimum atomic E-state index is 0.795. The Morgan fingerprint density at radius 2 is 1.91 bits per heavy atom. The zero-order chi connectivity index (χ0) is 15.4. The number of rotatable bonds is 4. The molecule has 0 bridgehead atoms. The second-order valence-corrected chi connectivity index (χ2v) is 5.53. The number of benzene rings is 2. The molecule has 1 aliphatic carbocycles. The van der Waals surface area contributed by atoms with Crippen molar-refractivity contribution >= 4 is 5.57 Å². The Morgan fingerprint density at radius 1 is 1.09 bits per heavy atom. The molecule has 0 saturated heterocycles. The van der Waals surface area contributed by atoms with Crippen LogP contribution in [-0.4, -0.2) is 7.11 Å². The van der Waals surface area contributed by atoms with E-state index in [1.807, 2.05) is 18.2 Å². The van der Waals surface area contributed by atoms with E-state index in [0.717, 1.165) is 42.6 Å². The maximum atomic E-state index is 9.45. The van der Waals surface area contributed by atoms with Crippen molar-refractivity contribution in [1.82, 2.24) is 0 Å². The van der Waals surface area contributed by atoms with E-state index in [0.29, 0.717) is 0 Å². The molecule has 1 aliphatic rings. The average Bonchev–Trinajstić information content (AvgIpc) is 2.59. The fraction of sp³-hybridized carbons (Fsp3) is 0.250. The van der Waals surface area contributed by atoms with Gasteiger partial charge in [-0.25, -0.2) is 0 Å². The molecule has 0 fully saturated rings. The molecule has 2 heteroatoms. The van der Waals surface area contributed by atoms with E-state index in [4.69, 9.17) is 4.74 Å². The SMILES string of the molecule is COc1ccc(CCc2ccccc2)c2c1CCC=C2C#N. The van der Waals surface area contributed by atoms with Gasteiger partial charge in [-0.2, -0.15) is 5.26 Å². The van der Waals surface area contributed by atoms with Gasteiger partial charge in [0.2, 0.25) is 0 Å². The van der Waals surface area contributed by atoms with E-state index in [1.165, 1.54) is 16.7 Å². The van der Waals surface area contributed by atoms with Crippen molar-refractivity contribution in [3.05, 3.63) is 70.8 Å². The van der Waals surface area contributed by atoms with Gasteiger partial charge in [-0.3, -0.25) is 0 Å². The molecule has 0 radical (unpaired) electrons. The lowest BCUT2D eigenvalue weighted by molar-refractivity contribution is 0.409. The summed E-state index contributed by atoms with van der Waals surface area (Å²) in [4.78, 5) is 0. The predicted octanol–water partition coefficient (Wildman–Crippen LogP) is 4.33. The number of methoxy groups -OCH3 is 1.